The summed E-state index contributed by atoms with van der Waals surface area (Å²) in [5.41, 5.74) is 1.66. The van der Waals surface area contributed by atoms with Crippen molar-refractivity contribution < 1.29 is 29.3 Å². The third kappa shape index (κ3) is 17.0. The molecule has 0 fully saturated rings. The molecule has 1 rings (SSSR count). The van der Waals surface area contributed by atoms with Gasteiger partial charge in [0.25, 0.3) is 0 Å². The van der Waals surface area contributed by atoms with Crippen molar-refractivity contribution in [3.05, 3.63) is 78.4 Å². The van der Waals surface area contributed by atoms with Gasteiger partial charge in [-0.25, -0.2) is 14.4 Å². The SMILES string of the molecule is C=C(C)C(=O)O.C=C(C)C(=O)OC.O=C(O)C=CC=Cc1ccccc1. The fraction of sp³-hybridized carbons (Fsp3) is 0.150. The molecular formula is C20H24O6. The predicted octanol–water partition coefficient (Wildman–Crippen LogP) is 3.72. The minimum absolute atomic E-state index is 0.176. The molecule has 0 aliphatic heterocycles. The number of ether oxygens (including phenoxy) is 1. The van der Waals surface area contributed by atoms with Crippen molar-refractivity contribution in [1.29, 1.82) is 0 Å². The van der Waals surface area contributed by atoms with E-state index < -0.39 is 11.9 Å². The van der Waals surface area contributed by atoms with E-state index in [9.17, 15) is 14.4 Å². The Morgan fingerprint density at radius 1 is 0.962 bits per heavy atom. The number of carbonyl (C=O) groups is 3. The van der Waals surface area contributed by atoms with Gasteiger partial charge >= 0.3 is 17.9 Å². The molecule has 0 radical (unpaired) electrons. The van der Waals surface area contributed by atoms with Crippen LogP contribution in [-0.2, 0) is 19.1 Å². The van der Waals surface area contributed by atoms with Crippen molar-refractivity contribution >= 4 is 24.0 Å². The van der Waals surface area contributed by atoms with Crippen LogP contribution in [0.3, 0.4) is 0 Å². The van der Waals surface area contributed by atoms with E-state index in [0.29, 0.717) is 5.57 Å². The maximum absolute atomic E-state index is 10.2. The second kappa shape index (κ2) is 15.1. The topological polar surface area (TPSA) is 101 Å². The van der Waals surface area contributed by atoms with Gasteiger partial charge in [0.05, 0.1) is 7.11 Å². The highest BCUT2D eigenvalue weighted by Crippen LogP contribution is 2.00. The smallest absolute Gasteiger partial charge is 0.332 e. The Morgan fingerprint density at radius 2 is 1.46 bits per heavy atom. The Bertz CT molecular complexity index is 657. The maximum Gasteiger partial charge on any atom is 0.332 e. The lowest BCUT2D eigenvalue weighted by Gasteiger charge is -1.91. The highest BCUT2D eigenvalue weighted by Gasteiger charge is 1.95. The minimum atomic E-state index is -0.935. The van der Waals surface area contributed by atoms with E-state index in [1.807, 2.05) is 36.4 Å². The summed E-state index contributed by atoms with van der Waals surface area (Å²) in [6, 6.07) is 9.70. The highest BCUT2D eigenvalue weighted by molar-refractivity contribution is 5.86. The standard InChI is InChI=1S/C11H10O2.C5H8O2.C4H6O2/c12-11(13)9-5-4-8-10-6-2-1-3-7-10;1-4(2)5(6)7-3;1-3(2)4(5)6/h1-9H,(H,12,13);1H2,2-3H3;1H2,2H3,(H,5,6). The average Bonchev–Trinajstić information content (AvgIpc) is 2.59. The molecule has 0 saturated heterocycles. The van der Waals surface area contributed by atoms with Crippen molar-refractivity contribution in [2.75, 3.05) is 7.11 Å². The summed E-state index contributed by atoms with van der Waals surface area (Å²) >= 11 is 0. The Balaban J connectivity index is 0. The van der Waals surface area contributed by atoms with Crippen molar-refractivity contribution in [3.8, 4) is 0 Å². The quantitative estimate of drug-likeness (QED) is 0.471. The number of aliphatic carboxylic acids is 2. The van der Waals surface area contributed by atoms with Crippen LogP contribution < -0.4 is 0 Å². The lowest BCUT2D eigenvalue weighted by molar-refractivity contribution is -0.136. The number of carboxylic acid groups (broad SMARTS) is 2. The van der Waals surface area contributed by atoms with Crippen LogP contribution >= 0.6 is 0 Å². The second-order valence-electron chi connectivity index (χ2n) is 4.82. The zero-order valence-electron chi connectivity index (χ0n) is 15.1. The van der Waals surface area contributed by atoms with Crippen molar-refractivity contribution in [2.45, 2.75) is 13.8 Å². The van der Waals surface area contributed by atoms with Crippen LogP contribution in [0.15, 0.2) is 72.9 Å². The molecule has 1 aromatic rings. The summed E-state index contributed by atoms with van der Waals surface area (Å²) in [4.78, 5) is 29.9. The third-order valence-electron chi connectivity index (χ3n) is 2.34. The van der Waals surface area contributed by atoms with E-state index in [1.54, 1.807) is 13.0 Å². The van der Waals surface area contributed by atoms with Gasteiger partial charge in [0.1, 0.15) is 0 Å². The largest absolute Gasteiger partial charge is 0.478 e. The Morgan fingerprint density at radius 3 is 1.77 bits per heavy atom. The summed E-state index contributed by atoms with van der Waals surface area (Å²) in [6.45, 7) is 9.56. The predicted molar refractivity (Wildman–Crippen MR) is 102 cm³/mol. The van der Waals surface area contributed by atoms with Crippen LogP contribution in [0.4, 0.5) is 0 Å². The lowest BCUT2D eigenvalue weighted by atomic mass is 10.2. The van der Waals surface area contributed by atoms with Gasteiger partial charge in [0, 0.05) is 17.2 Å². The Labute approximate surface area is 153 Å². The van der Waals surface area contributed by atoms with Crippen molar-refractivity contribution in [2.24, 2.45) is 0 Å². The molecule has 26 heavy (non-hydrogen) atoms. The molecule has 0 bridgehead atoms. The molecule has 0 heterocycles. The molecule has 0 atom stereocenters. The first-order valence-corrected chi connectivity index (χ1v) is 7.37. The molecule has 0 amide bonds. The number of esters is 1. The first kappa shape index (κ1) is 24.8. The highest BCUT2D eigenvalue weighted by atomic mass is 16.5. The molecule has 0 aromatic heterocycles. The molecule has 0 unspecified atom stereocenters. The molecule has 6 nitrogen and oxygen atoms in total. The van der Waals surface area contributed by atoms with Gasteiger partial charge in [0.2, 0.25) is 0 Å². The summed E-state index contributed by atoms with van der Waals surface area (Å²) in [6.07, 6.45) is 6.14. The number of methoxy groups -OCH3 is 1. The maximum atomic E-state index is 10.2. The number of allylic oxidation sites excluding steroid dienone is 2. The zero-order chi connectivity index (χ0) is 20.5. The monoisotopic (exact) mass is 360 g/mol. The summed E-state index contributed by atoms with van der Waals surface area (Å²) < 4.78 is 4.27. The summed E-state index contributed by atoms with van der Waals surface area (Å²) in [5.74, 6) is -2.22. The molecule has 0 spiro atoms. The van der Waals surface area contributed by atoms with Gasteiger partial charge < -0.3 is 14.9 Å². The summed E-state index contributed by atoms with van der Waals surface area (Å²) in [5, 5.41) is 16.2. The van der Waals surface area contributed by atoms with Gasteiger partial charge in [-0.2, -0.15) is 0 Å². The number of hydrogen-bond donors (Lipinski definition) is 2. The van der Waals surface area contributed by atoms with Crippen LogP contribution in [0.25, 0.3) is 6.08 Å². The lowest BCUT2D eigenvalue weighted by Crippen LogP contribution is -1.98. The van der Waals surface area contributed by atoms with E-state index in [0.717, 1.165) is 11.6 Å². The van der Waals surface area contributed by atoms with Crippen molar-refractivity contribution in [1.82, 2.24) is 0 Å². The number of benzene rings is 1. The number of rotatable bonds is 5. The molecule has 1 aromatic carbocycles. The van der Waals surface area contributed by atoms with E-state index >= 15 is 0 Å². The summed E-state index contributed by atoms with van der Waals surface area (Å²) in [7, 11) is 1.33. The van der Waals surface area contributed by atoms with Crippen LogP contribution in [0.5, 0.6) is 0 Å². The zero-order valence-corrected chi connectivity index (χ0v) is 15.1. The van der Waals surface area contributed by atoms with Crippen LogP contribution in [0, 0.1) is 0 Å². The fourth-order valence-corrected chi connectivity index (χ4v) is 1.04. The third-order valence-corrected chi connectivity index (χ3v) is 2.34. The normalized spacial score (nSPS) is 9.35. The van der Waals surface area contributed by atoms with Crippen LogP contribution in [0.2, 0.25) is 0 Å². The molecule has 6 heteroatoms. The van der Waals surface area contributed by atoms with Gasteiger partial charge in [0.15, 0.2) is 0 Å². The van der Waals surface area contributed by atoms with Gasteiger partial charge in [-0.3, -0.25) is 0 Å². The second-order valence-corrected chi connectivity index (χ2v) is 4.82. The number of carboxylic acids is 2. The van der Waals surface area contributed by atoms with Gasteiger partial charge in [-0.15, -0.1) is 0 Å². The van der Waals surface area contributed by atoms with E-state index in [2.05, 4.69) is 17.9 Å². The molecule has 0 aliphatic carbocycles. The van der Waals surface area contributed by atoms with Gasteiger partial charge in [-0.05, 0) is 19.4 Å². The Hall–Kier alpha value is -3.41. The molecule has 2 N–H and O–H groups in total. The van der Waals surface area contributed by atoms with Crippen molar-refractivity contribution in [3.63, 3.8) is 0 Å². The first-order chi connectivity index (χ1) is 12.1. The van der Waals surface area contributed by atoms with Gasteiger partial charge in [-0.1, -0.05) is 61.7 Å². The minimum Gasteiger partial charge on any atom is -0.478 e. The molecular weight excluding hydrogens is 336 g/mol. The average molecular weight is 360 g/mol. The first-order valence-electron chi connectivity index (χ1n) is 7.37. The molecule has 140 valence electrons. The van der Waals surface area contributed by atoms with E-state index in [1.165, 1.54) is 20.1 Å². The molecule has 0 saturated carbocycles. The number of hydrogen-bond acceptors (Lipinski definition) is 4. The van der Waals surface area contributed by atoms with E-state index in [-0.39, 0.29) is 11.5 Å². The molecule has 0 aliphatic rings. The number of carbonyl (C=O) groups excluding carboxylic acids is 1. The fourth-order valence-electron chi connectivity index (χ4n) is 1.04. The van der Waals surface area contributed by atoms with Crippen LogP contribution in [0.1, 0.15) is 19.4 Å². The Kier molecular flexibility index (Phi) is 14.5. The van der Waals surface area contributed by atoms with Crippen LogP contribution in [-0.4, -0.2) is 35.2 Å². The van der Waals surface area contributed by atoms with E-state index in [4.69, 9.17) is 10.2 Å².